The first-order valence-electron chi connectivity index (χ1n) is 6.93. The van der Waals surface area contributed by atoms with Crippen molar-refractivity contribution in [2.24, 2.45) is 5.92 Å². The van der Waals surface area contributed by atoms with Crippen LogP contribution in [0.25, 0.3) is 0 Å². The second kappa shape index (κ2) is 5.23. The lowest BCUT2D eigenvalue weighted by Gasteiger charge is -2.38. The van der Waals surface area contributed by atoms with Crippen molar-refractivity contribution >= 4 is 21.8 Å². The summed E-state index contributed by atoms with van der Waals surface area (Å²) in [6.07, 6.45) is 5.85. The monoisotopic (exact) mass is 325 g/mol. The molecule has 0 N–H and O–H groups in total. The summed E-state index contributed by atoms with van der Waals surface area (Å²) < 4.78 is 14.0. The zero-order valence-corrected chi connectivity index (χ0v) is 12.3. The largest absolute Gasteiger partial charge is 0.335 e. The minimum Gasteiger partial charge on any atom is -0.335 e. The third kappa shape index (κ3) is 2.42. The molecule has 1 heterocycles. The third-order valence-electron chi connectivity index (χ3n) is 4.41. The number of halogens is 2. The molecule has 19 heavy (non-hydrogen) atoms. The Morgan fingerprint density at radius 2 is 2.05 bits per heavy atom. The maximum Gasteiger partial charge on any atom is 0.255 e. The Balaban J connectivity index is 1.88. The molecule has 102 valence electrons. The van der Waals surface area contributed by atoms with Gasteiger partial charge in [-0.3, -0.25) is 4.79 Å². The van der Waals surface area contributed by atoms with E-state index in [1.807, 2.05) is 4.90 Å². The summed E-state index contributed by atoms with van der Waals surface area (Å²) in [5, 5.41) is 0. The van der Waals surface area contributed by atoms with Gasteiger partial charge >= 0.3 is 0 Å². The number of likely N-dealkylation sites (tertiary alicyclic amines) is 1. The maximum atomic E-state index is 13.4. The fraction of sp³-hybridized carbons (Fsp3) is 0.533. The van der Waals surface area contributed by atoms with Crippen LogP contribution in [-0.2, 0) is 0 Å². The van der Waals surface area contributed by atoms with Crippen LogP contribution in [0.1, 0.15) is 42.5 Å². The van der Waals surface area contributed by atoms with E-state index in [-0.39, 0.29) is 11.7 Å². The Morgan fingerprint density at radius 1 is 1.26 bits per heavy atom. The van der Waals surface area contributed by atoms with Crippen molar-refractivity contribution in [3.05, 3.63) is 34.1 Å². The van der Waals surface area contributed by atoms with E-state index in [2.05, 4.69) is 15.9 Å². The lowest BCUT2D eigenvalue weighted by Crippen LogP contribution is -2.46. The van der Waals surface area contributed by atoms with Crippen LogP contribution in [-0.4, -0.2) is 23.4 Å². The molecule has 2 fully saturated rings. The summed E-state index contributed by atoms with van der Waals surface area (Å²) in [6, 6.07) is 4.69. The molecule has 0 bridgehead atoms. The first kappa shape index (κ1) is 13.1. The summed E-state index contributed by atoms with van der Waals surface area (Å²) in [7, 11) is 0. The molecule has 0 spiro atoms. The molecule has 2 atom stereocenters. The van der Waals surface area contributed by atoms with Gasteiger partial charge in [0, 0.05) is 17.1 Å². The minimum absolute atomic E-state index is 0.0250. The van der Waals surface area contributed by atoms with Crippen LogP contribution in [0, 0.1) is 11.7 Å². The van der Waals surface area contributed by atoms with Crippen molar-refractivity contribution < 1.29 is 9.18 Å². The summed E-state index contributed by atoms with van der Waals surface area (Å²) in [5.74, 6) is 0.277. The second-order valence-corrected chi connectivity index (χ2v) is 6.38. The van der Waals surface area contributed by atoms with E-state index in [9.17, 15) is 9.18 Å². The Morgan fingerprint density at radius 3 is 2.89 bits per heavy atom. The van der Waals surface area contributed by atoms with Gasteiger partial charge in [-0.2, -0.15) is 0 Å². The number of piperidine rings is 1. The van der Waals surface area contributed by atoms with Gasteiger partial charge in [-0.05, 0) is 65.7 Å². The highest BCUT2D eigenvalue weighted by Gasteiger charge is 2.37. The van der Waals surface area contributed by atoms with Crippen molar-refractivity contribution in [3.63, 3.8) is 0 Å². The average molecular weight is 326 g/mol. The first-order valence-corrected chi connectivity index (χ1v) is 7.72. The Kier molecular flexibility index (Phi) is 3.61. The molecular formula is C15H17BrFNO. The van der Waals surface area contributed by atoms with Crippen LogP contribution in [0.5, 0.6) is 0 Å². The van der Waals surface area contributed by atoms with E-state index in [0.717, 1.165) is 19.4 Å². The molecule has 2 nitrogen and oxygen atoms in total. The number of nitrogens with zero attached hydrogens (tertiary/aromatic N) is 1. The predicted octanol–water partition coefficient (Wildman–Crippen LogP) is 3.99. The van der Waals surface area contributed by atoms with Gasteiger partial charge in [-0.15, -0.1) is 0 Å². The Hall–Kier alpha value is -0.900. The number of hydrogen-bond acceptors (Lipinski definition) is 1. The zero-order chi connectivity index (χ0) is 13.4. The Bertz CT molecular complexity index is 505. The predicted molar refractivity (Wildman–Crippen MR) is 75.5 cm³/mol. The molecule has 2 unspecified atom stereocenters. The number of benzene rings is 1. The highest BCUT2D eigenvalue weighted by molar-refractivity contribution is 9.10. The van der Waals surface area contributed by atoms with Crippen LogP contribution < -0.4 is 0 Å². The van der Waals surface area contributed by atoms with Gasteiger partial charge in [0.05, 0.1) is 5.56 Å². The molecular weight excluding hydrogens is 309 g/mol. The second-order valence-electron chi connectivity index (χ2n) is 5.52. The molecule has 0 radical (unpaired) electrons. The van der Waals surface area contributed by atoms with E-state index in [1.54, 1.807) is 6.07 Å². The zero-order valence-electron chi connectivity index (χ0n) is 10.7. The molecule has 1 aromatic carbocycles. The van der Waals surface area contributed by atoms with Crippen molar-refractivity contribution in [1.82, 2.24) is 4.90 Å². The van der Waals surface area contributed by atoms with Crippen LogP contribution in [0.2, 0.25) is 0 Å². The molecule has 1 aromatic rings. The standard InChI is InChI=1S/C15H17BrFNO/c16-13-7-6-11(17)9-12(13)15(19)18-8-2-4-10-3-1-5-14(10)18/h6-7,9-10,14H,1-5,8H2. The van der Waals surface area contributed by atoms with Crippen LogP contribution in [0.15, 0.2) is 22.7 Å². The maximum absolute atomic E-state index is 13.4. The van der Waals surface area contributed by atoms with Gasteiger partial charge in [0.2, 0.25) is 0 Å². The molecule has 1 amide bonds. The third-order valence-corrected chi connectivity index (χ3v) is 5.10. The summed E-state index contributed by atoms with van der Waals surface area (Å²) in [4.78, 5) is 14.6. The molecule has 1 saturated heterocycles. The van der Waals surface area contributed by atoms with Crippen LogP contribution >= 0.6 is 15.9 Å². The first-order chi connectivity index (χ1) is 9.16. The molecule has 1 aliphatic heterocycles. The molecule has 1 aliphatic carbocycles. The van der Waals surface area contributed by atoms with Gasteiger partial charge in [0.25, 0.3) is 5.91 Å². The Labute approximate surface area is 121 Å². The number of rotatable bonds is 1. The van der Waals surface area contributed by atoms with E-state index < -0.39 is 0 Å². The highest BCUT2D eigenvalue weighted by Crippen LogP contribution is 2.37. The summed E-state index contributed by atoms with van der Waals surface area (Å²) >= 11 is 3.36. The van der Waals surface area contributed by atoms with E-state index >= 15 is 0 Å². The molecule has 0 aromatic heterocycles. The molecule has 4 heteroatoms. The number of fused-ring (bicyclic) bond motifs is 1. The molecule has 2 aliphatic rings. The summed E-state index contributed by atoms with van der Waals surface area (Å²) in [6.45, 7) is 0.808. The topological polar surface area (TPSA) is 20.3 Å². The van der Waals surface area contributed by atoms with Gasteiger partial charge in [-0.25, -0.2) is 4.39 Å². The SMILES string of the molecule is O=C(c1cc(F)ccc1Br)N1CCCC2CCCC21. The number of carbonyl (C=O) groups excluding carboxylic acids is 1. The lowest BCUT2D eigenvalue weighted by molar-refractivity contribution is 0.0547. The van der Waals surface area contributed by atoms with Gasteiger partial charge in [-0.1, -0.05) is 6.42 Å². The minimum atomic E-state index is -0.355. The van der Waals surface area contributed by atoms with E-state index in [4.69, 9.17) is 0 Å². The molecule has 3 rings (SSSR count). The fourth-order valence-corrected chi connectivity index (χ4v) is 3.94. The lowest BCUT2D eigenvalue weighted by atomic mass is 9.91. The van der Waals surface area contributed by atoms with Gasteiger partial charge < -0.3 is 4.90 Å². The number of hydrogen-bond donors (Lipinski definition) is 0. The number of amides is 1. The quantitative estimate of drug-likeness (QED) is 0.764. The smallest absolute Gasteiger partial charge is 0.255 e. The van der Waals surface area contributed by atoms with Crippen LogP contribution in [0.3, 0.4) is 0 Å². The normalized spacial score (nSPS) is 26.3. The van der Waals surface area contributed by atoms with E-state index in [0.29, 0.717) is 22.0 Å². The number of carbonyl (C=O) groups is 1. The highest BCUT2D eigenvalue weighted by atomic mass is 79.9. The van der Waals surface area contributed by atoms with Crippen molar-refractivity contribution in [1.29, 1.82) is 0 Å². The fourth-order valence-electron chi connectivity index (χ4n) is 3.52. The van der Waals surface area contributed by atoms with Crippen molar-refractivity contribution in [3.8, 4) is 0 Å². The van der Waals surface area contributed by atoms with E-state index in [1.165, 1.54) is 31.4 Å². The van der Waals surface area contributed by atoms with Gasteiger partial charge in [0.15, 0.2) is 0 Å². The van der Waals surface area contributed by atoms with Gasteiger partial charge in [0.1, 0.15) is 5.82 Å². The molecule has 1 saturated carbocycles. The van der Waals surface area contributed by atoms with Crippen molar-refractivity contribution in [2.75, 3.05) is 6.54 Å². The average Bonchev–Trinajstić information content (AvgIpc) is 2.89. The van der Waals surface area contributed by atoms with Crippen LogP contribution in [0.4, 0.5) is 4.39 Å². The summed E-state index contributed by atoms with van der Waals surface area (Å²) in [5.41, 5.74) is 0.451. The van der Waals surface area contributed by atoms with Crippen molar-refractivity contribution in [2.45, 2.75) is 38.1 Å².